The molecule has 0 N–H and O–H groups in total. The van der Waals surface area contributed by atoms with Gasteiger partial charge in [-0.3, -0.25) is 4.79 Å². The highest BCUT2D eigenvalue weighted by Gasteiger charge is 2.20. The highest BCUT2D eigenvalue weighted by atomic mass is 32.2. The van der Waals surface area contributed by atoms with E-state index in [0.717, 1.165) is 4.90 Å². The molecule has 0 saturated carbocycles. The fourth-order valence-electron chi connectivity index (χ4n) is 2.95. The van der Waals surface area contributed by atoms with Crippen LogP contribution in [0.25, 0.3) is 0 Å². The summed E-state index contributed by atoms with van der Waals surface area (Å²) < 4.78 is 5.36. The van der Waals surface area contributed by atoms with Crippen molar-refractivity contribution in [3.63, 3.8) is 0 Å². The number of rotatable bonds is 9. The third-order valence-corrected chi connectivity index (χ3v) is 5.34. The number of amides is 1. The van der Waals surface area contributed by atoms with Crippen molar-refractivity contribution in [1.82, 2.24) is 4.90 Å². The van der Waals surface area contributed by atoms with Crippen molar-refractivity contribution in [1.29, 1.82) is 5.26 Å². The molecule has 2 aromatic rings. The predicted octanol–water partition coefficient (Wildman–Crippen LogP) is 5.01. The first-order valence-corrected chi connectivity index (χ1v) is 10.8. The van der Waals surface area contributed by atoms with Gasteiger partial charge in [0.15, 0.2) is 6.61 Å². The van der Waals surface area contributed by atoms with Crippen LogP contribution in [0.2, 0.25) is 0 Å². The van der Waals surface area contributed by atoms with E-state index in [4.69, 9.17) is 4.74 Å². The molecule has 6 heteroatoms. The quantitative estimate of drug-likeness (QED) is 0.529. The summed E-state index contributed by atoms with van der Waals surface area (Å²) in [5.41, 5.74) is 0.918. The van der Waals surface area contributed by atoms with Gasteiger partial charge in [-0.2, -0.15) is 5.26 Å². The van der Waals surface area contributed by atoms with Crippen molar-refractivity contribution in [2.45, 2.75) is 37.5 Å². The van der Waals surface area contributed by atoms with Crippen LogP contribution in [0.4, 0.5) is 0 Å². The second kappa shape index (κ2) is 11.4. The van der Waals surface area contributed by atoms with Crippen molar-refractivity contribution in [3.8, 4) is 6.07 Å². The Morgan fingerprint density at radius 2 is 1.53 bits per heavy atom. The van der Waals surface area contributed by atoms with Crippen LogP contribution in [0, 0.1) is 23.2 Å². The van der Waals surface area contributed by atoms with Crippen LogP contribution >= 0.6 is 11.8 Å². The lowest BCUT2D eigenvalue weighted by atomic mass is 10.1. The summed E-state index contributed by atoms with van der Waals surface area (Å²) in [7, 11) is 0. The summed E-state index contributed by atoms with van der Waals surface area (Å²) in [5, 5.41) is 9.30. The monoisotopic (exact) mass is 424 g/mol. The summed E-state index contributed by atoms with van der Waals surface area (Å²) in [6.45, 7) is 9.20. The van der Waals surface area contributed by atoms with Crippen LogP contribution in [0.1, 0.15) is 43.6 Å². The largest absolute Gasteiger partial charge is 0.452 e. The first-order chi connectivity index (χ1) is 14.3. The molecule has 0 spiro atoms. The molecule has 1 amide bonds. The fourth-order valence-corrected chi connectivity index (χ4v) is 3.96. The third kappa shape index (κ3) is 6.93. The molecular formula is C24H28N2O3S. The molecule has 0 radical (unpaired) electrons. The molecule has 0 bridgehead atoms. The van der Waals surface area contributed by atoms with Crippen LogP contribution in [0.15, 0.2) is 58.3 Å². The normalized spacial score (nSPS) is 10.7. The van der Waals surface area contributed by atoms with Crippen LogP contribution in [0.3, 0.4) is 0 Å². The average molecular weight is 425 g/mol. The molecule has 0 atom stereocenters. The van der Waals surface area contributed by atoms with Crippen LogP contribution in [0.5, 0.6) is 0 Å². The molecule has 0 aromatic heterocycles. The van der Waals surface area contributed by atoms with E-state index in [1.165, 1.54) is 11.8 Å². The molecule has 0 aliphatic rings. The Labute approximate surface area is 183 Å². The molecule has 0 aliphatic carbocycles. The van der Waals surface area contributed by atoms with E-state index in [2.05, 4.69) is 33.8 Å². The van der Waals surface area contributed by atoms with Gasteiger partial charge in [0, 0.05) is 22.9 Å². The van der Waals surface area contributed by atoms with Crippen LogP contribution in [-0.2, 0) is 9.53 Å². The van der Waals surface area contributed by atoms with Crippen molar-refractivity contribution in [2.24, 2.45) is 11.8 Å². The Hall–Kier alpha value is -2.78. The van der Waals surface area contributed by atoms with Crippen molar-refractivity contribution >= 4 is 23.6 Å². The zero-order chi connectivity index (χ0) is 22.1. The Bertz CT molecular complexity index is 909. The number of nitrogens with zero attached hydrogens (tertiary/aromatic N) is 2. The van der Waals surface area contributed by atoms with Crippen molar-refractivity contribution < 1.29 is 14.3 Å². The number of hydrogen-bond donors (Lipinski definition) is 0. The van der Waals surface area contributed by atoms with E-state index in [-0.39, 0.29) is 12.5 Å². The van der Waals surface area contributed by atoms with Crippen LogP contribution < -0.4 is 0 Å². The lowest BCUT2D eigenvalue weighted by molar-refractivity contribution is -0.135. The molecule has 0 aliphatic heterocycles. The van der Waals surface area contributed by atoms with E-state index in [9.17, 15) is 14.9 Å². The Morgan fingerprint density at radius 1 is 0.967 bits per heavy atom. The van der Waals surface area contributed by atoms with Gasteiger partial charge in [-0.25, -0.2) is 4.79 Å². The van der Waals surface area contributed by atoms with Gasteiger partial charge >= 0.3 is 5.97 Å². The Morgan fingerprint density at radius 3 is 2.13 bits per heavy atom. The lowest BCUT2D eigenvalue weighted by Crippen LogP contribution is -2.39. The summed E-state index contributed by atoms with van der Waals surface area (Å²) in [4.78, 5) is 28.5. The van der Waals surface area contributed by atoms with Crippen molar-refractivity contribution in [3.05, 3.63) is 59.7 Å². The number of benzene rings is 2. The highest BCUT2D eigenvalue weighted by molar-refractivity contribution is 7.99. The molecule has 158 valence electrons. The first kappa shape index (κ1) is 23.5. The average Bonchev–Trinajstić information content (AvgIpc) is 2.71. The minimum Gasteiger partial charge on any atom is -0.452 e. The standard InChI is InChI=1S/C24H28N2O3S/c1-17(2)14-26(15-18(3)4)23(27)16-29-24(28)20-10-6-8-12-22(20)30-21-11-7-5-9-19(21)13-25/h5-12,17-18H,14-16H2,1-4H3. The van der Waals surface area contributed by atoms with Gasteiger partial charge in [0.2, 0.25) is 0 Å². The molecule has 30 heavy (non-hydrogen) atoms. The molecule has 2 rings (SSSR count). The van der Waals surface area contributed by atoms with Gasteiger partial charge in [-0.05, 0) is 36.1 Å². The molecule has 0 heterocycles. The number of carbonyl (C=O) groups is 2. The smallest absolute Gasteiger partial charge is 0.339 e. The number of esters is 1. The maximum Gasteiger partial charge on any atom is 0.339 e. The molecule has 0 unspecified atom stereocenters. The maximum absolute atomic E-state index is 12.7. The fraction of sp³-hybridized carbons (Fsp3) is 0.375. The predicted molar refractivity (Wildman–Crippen MR) is 118 cm³/mol. The Balaban J connectivity index is 2.10. The van der Waals surface area contributed by atoms with E-state index in [1.54, 1.807) is 35.2 Å². The minimum absolute atomic E-state index is 0.189. The number of hydrogen-bond acceptors (Lipinski definition) is 5. The van der Waals surface area contributed by atoms with Crippen LogP contribution in [-0.4, -0.2) is 36.5 Å². The van der Waals surface area contributed by atoms with E-state index in [0.29, 0.717) is 40.9 Å². The molecule has 0 saturated heterocycles. The molecular weight excluding hydrogens is 396 g/mol. The van der Waals surface area contributed by atoms with E-state index >= 15 is 0 Å². The molecule has 2 aromatic carbocycles. The second-order valence-corrected chi connectivity index (χ2v) is 8.95. The van der Waals surface area contributed by atoms with Gasteiger partial charge in [0.05, 0.1) is 11.1 Å². The Kier molecular flexibility index (Phi) is 8.94. The SMILES string of the molecule is CC(C)CN(CC(C)C)C(=O)COC(=O)c1ccccc1Sc1ccccc1C#N. The first-order valence-electron chi connectivity index (χ1n) is 10.0. The van der Waals surface area contributed by atoms with Gasteiger partial charge in [-0.1, -0.05) is 63.7 Å². The molecule has 0 fully saturated rings. The maximum atomic E-state index is 12.7. The number of carbonyl (C=O) groups excluding carboxylic acids is 2. The lowest BCUT2D eigenvalue weighted by Gasteiger charge is -2.26. The number of ether oxygens (including phenoxy) is 1. The molecule has 5 nitrogen and oxygen atoms in total. The van der Waals surface area contributed by atoms with Gasteiger partial charge in [0.25, 0.3) is 5.91 Å². The summed E-state index contributed by atoms with van der Waals surface area (Å²) >= 11 is 1.33. The summed E-state index contributed by atoms with van der Waals surface area (Å²) in [6.07, 6.45) is 0. The van der Waals surface area contributed by atoms with Gasteiger partial charge < -0.3 is 9.64 Å². The summed E-state index contributed by atoms with van der Waals surface area (Å²) in [5.74, 6) is -0.0675. The van der Waals surface area contributed by atoms with Gasteiger partial charge in [-0.15, -0.1) is 0 Å². The highest BCUT2D eigenvalue weighted by Crippen LogP contribution is 2.32. The van der Waals surface area contributed by atoms with Crippen molar-refractivity contribution in [2.75, 3.05) is 19.7 Å². The zero-order valence-corrected chi connectivity index (χ0v) is 18.7. The van der Waals surface area contributed by atoms with E-state index < -0.39 is 5.97 Å². The topological polar surface area (TPSA) is 70.4 Å². The van der Waals surface area contributed by atoms with E-state index in [1.807, 2.05) is 18.2 Å². The zero-order valence-electron chi connectivity index (χ0n) is 17.9. The second-order valence-electron chi connectivity index (χ2n) is 7.87. The number of nitriles is 1. The minimum atomic E-state index is -0.546. The van der Waals surface area contributed by atoms with Gasteiger partial charge in [0.1, 0.15) is 6.07 Å². The third-order valence-electron chi connectivity index (χ3n) is 4.18. The summed E-state index contributed by atoms with van der Waals surface area (Å²) in [6, 6.07) is 16.4.